The number of aliphatic hydroxyl groups excluding tert-OH is 1. The first-order valence-electron chi connectivity index (χ1n) is 4.36. The summed E-state index contributed by atoms with van der Waals surface area (Å²) in [5.74, 6) is 0.650. The zero-order chi connectivity index (χ0) is 12.3. The fourth-order valence-electron chi connectivity index (χ4n) is 0.918. The predicted octanol–water partition coefficient (Wildman–Crippen LogP) is 2.58. The highest BCUT2D eigenvalue weighted by atomic mass is 35.6. The van der Waals surface area contributed by atoms with Crippen LogP contribution in [0.15, 0.2) is 21.7 Å². The molecule has 90 valence electrons. The molecule has 0 spiro atoms. The molecule has 1 rings (SSSR count). The van der Waals surface area contributed by atoms with E-state index in [0.717, 1.165) is 0 Å². The van der Waals surface area contributed by atoms with Crippen LogP contribution in [0, 0.1) is 0 Å². The Kier molecular flexibility index (Phi) is 4.50. The van der Waals surface area contributed by atoms with Crippen molar-refractivity contribution in [3.63, 3.8) is 0 Å². The van der Waals surface area contributed by atoms with Gasteiger partial charge in [0, 0.05) is 14.1 Å². The van der Waals surface area contributed by atoms with Gasteiger partial charge in [-0.3, -0.25) is 0 Å². The van der Waals surface area contributed by atoms with Crippen molar-refractivity contribution in [2.75, 3.05) is 14.1 Å². The van der Waals surface area contributed by atoms with E-state index in [1.165, 1.54) is 12.3 Å². The molecule has 0 saturated heterocycles. The number of alkyl halides is 3. The fourth-order valence-corrected chi connectivity index (χ4v) is 1.24. The highest BCUT2D eigenvalue weighted by Crippen LogP contribution is 2.39. The van der Waals surface area contributed by atoms with Crippen LogP contribution >= 0.6 is 34.8 Å². The average molecular weight is 286 g/mol. The molecule has 1 N–H and O–H groups in total. The van der Waals surface area contributed by atoms with Crippen LogP contribution < -0.4 is 0 Å². The van der Waals surface area contributed by atoms with Gasteiger partial charge in [0.15, 0.2) is 6.10 Å². The number of nitrogens with zero attached hydrogens (tertiary/aromatic N) is 2. The summed E-state index contributed by atoms with van der Waals surface area (Å²) in [5, 5.41) is 15.2. The van der Waals surface area contributed by atoms with E-state index < -0.39 is 9.90 Å². The van der Waals surface area contributed by atoms with Crippen LogP contribution in [-0.4, -0.2) is 34.2 Å². The lowest BCUT2D eigenvalue weighted by Gasteiger charge is -2.15. The Bertz CT molecular complexity index is 371. The van der Waals surface area contributed by atoms with Crippen LogP contribution in [0.2, 0.25) is 0 Å². The van der Waals surface area contributed by atoms with Crippen molar-refractivity contribution in [1.29, 1.82) is 0 Å². The van der Waals surface area contributed by atoms with Crippen molar-refractivity contribution in [3.8, 4) is 0 Å². The largest absolute Gasteiger partial charge is 0.457 e. The third-order valence-electron chi connectivity index (χ3n) is 1.64. The van der Waals surface area contributed by atoms with Crippen LogP contribution in [0.5, 0.6) is 0 Å². The van der Waals surface area contributed by atoms with Crippen LogP contribution in [0.25, 0.3) is 0 Å². The molecular formula is C9H11Cl3N2O2. The number of aliphatic hydroxyl groups is 1. The second kappa shape index (κ2) is 5.27. The first-order valence-corrected chi connectivity index (χ1v) is 5.50. The monoisotopic (exact) mass is 284 g/mol. The SMILES string of the molecule is CN(C)/N=C\c1ccc([C@H](O)C(Cl)(Cl)Cl)o1. The van der Waals surface area contributed by atoms with Crippen molar-refractivity contribution in [1.82, 2.24) is 5.01 Å². The number of hydrazone groups is 1. The number of furan rings is 1. The van der Waals surface area contributed by atoms with E-state index in [1.807, 2.05) is 0 Å². The van der Waals surface area contributed by atoms with Gasteiger partial charge in [-0.1, -0.05) is 34.8 Å². The zero-order valence-corrected chi connectivity index (χ0v) is 11.0. The maximum Gasteiger partial charge on any atom is 0.223 e. The molecule has 4 nitrogen and oxygen atoms in total. The Morgan fingerprint density at radius 3 is 2.56 bits per heavy atom. The molecule has 1 heterocycles. The molecule has 0 radical (unpaired) electrons. The van der Waals surface area contributed by atoms with E-state index in [-0.39, 0.29) is 5.76 Å². The van der Waals surface area contributed by atoms with E-state index in [4.69, 9.17) is 39.2 Å². The van der Waals surface area contributed by atoms with Crippen molar-refractivity contribution in [2.45, 2.75) is 9.90 Å². The van der Waals surface area contributed by atoms with Crippen molar-refractivity contribution in [3.05, 3.63) is 23.7 Å². The van der Waals surface area contributed by atoms with Gasteiger partial charge in [-0.05, 0) is 12.1 Å². The van der Waals surface area contributed by atoms with E-state index in [2.05, 4.69) is 5.10 Å². The molecule has 1 atom stereocenters. The van der Waals surface area contributed by atoms with E-state index >= 15 is 0 Å². The maximum absolute atomic E-state index is 9.60. The van der Waals surface area contributed by atoms with Crippen molar-refractivity contribution < 1.29 is 9.52 Å². The molecule has 0 aromatic carbocycles. The molecule has 7 heteroatoms. The van der Waals surface area contributed by atoms with Gasteiger partial charge in [0.2, 0.25) is 3.79 Å². The molecule has 1 aromatic heterocycles. The minimum atomic E-state index is -1.81. The van der Waals surface area contributed by atoms with Crippen LogP contribution in [-0.2, 0) is 0 Å². The summed E-state index contributed by atoms with van der Waals surface area (Å²) in [4.78, 5) is 0. The van der Waals surface area contributed by atoms with Gasteiger partial charge in [-0.15, -0.1) is 0 Å². The number of hydrogen-bond donors (Lipinski definition) is 1. The highest BCUT2D eigenvalue weighted by molar-refractivity contribution is 6.67. The van der Waals surface area contributed by atoms with Crippen LogP contribution in [0.3, 0.4) is 0 Å². The summed E-state index contributed by atoms with van der Waals surface area (Å²) >= 11 is 16.6. The maximum atomic E-state index is 9.60. The molecule has 0 aliphatic heterocycles. The molecular weight excluding hydrogens is 274 g/mol. The lowest BCUT2D eigenvalue weighted by atomic mass is 10.3. The Hall–Kier alpha value is -0.420. The van der Waals surface area contributed by atoms with Crippen molar-refractivity contribution >= 4 is 41.0 Å². The first-order chi connectivity index (χ1) is 7.30. The summed E-state index contributed by atoms with van der Waals surface area (Å²) in [6.45, 7) is 0. The number of rotatable bonds is 3. The van der Waals surface area contributed by atoms with Gasteiger partial charge >= 0.3 is 0 Å². The van der Waals surface area contributed by atoms with E-state index in [1.54, 1.807) is 25.2 Å². The predicted molar refractivity (Wildman–Crippen MR) is 65.2 cm³/mol. The molecule has 16 heavy (non-hydrogen) atoms. The average Bonchev–Trinajstić information content (AvgIpc) is 2.60. The van der Waals surface area contributed by atoms with Crippen molar-refractivity contribution in [2.24, 2.45) is 5.10 Å². The highest BCUT2D eigenvalue weighted by Gasteiger charge is 2.34. The third-order valence-corrected chi connectivity index (χ3v) is 2.26. The topological polar surface area (TPSA) is 49.0 Å². The summed E-state index contributed by atoms with van der Waals surface area (Å²) in [7, 11) is 3.55. The second-order valence-electron chi connectivity index (χ2n) is 3.28. The van der Waals surface area contributed by atoms with Gasteiger partial charge in [0.05, 0.1) is 6.21 Å². The van der Waals surface area contributed by atoms with Crippen LogP contribution in [0.1, 0.15) is 17.6 Å². The normalized spacial score (nSPS) is 14.4. The van der Waals surface area contributed by atoms with Gasteiger partial charge in [-0.2, -0.15) is 5.10 Å². The molecule has 0 bridgehead atoms. The molecule has 0 unspecified atom stereocenters. The minimum Gasteiger partial charge on any atom is -0.457 e. The minimum absolute atomic E-state index is 0.181. The molecule has 0 aliphatic rings. The molecule has 0 amide bonds. The van der Waals surface area contributed by atoms with Crippen LogP contribution in [0.4, 0.5) is 0 Å². The summed E-state index contributed by atoms with van der Waals surface area (Å²) < 4.78 is 3.43. The summed E-state index contributed by atoms with van der Waals surface area (Å²) in [6.07, 6.45) is 0.188. The standard InChI is InChI=1S/C9H11Cl3N2O2/c1-14(2)13-5-6-3-4-7(16-6)8(15)9(10,11)12/h3-5,8,15H,1-2H3/b13-5-/t8-/m0/s1. The first kappa shape index (κ1) is 13.6. The Labute approximate surface area is 108 Å². The molecule has 0 fully saturated rings. The van der Waals surface area contributed by atoms with E-state index in [0.29, 0.717) is 5.76 Å². The Morgan fingerprint density at radius 1 is 1.44 bits per heavy atom. The molecule has 0 saturated carbocycles. The van der Waals surface area contributed by atoms with Gasteiger partial charge in [0.25, 0.3) is 0 Å². The Balaban J connectivity index is 2.79. The fraction of sp³-hybridized carbons (Fsp3) is 0.444. The summed E-state index contributed by atoms with van der Waals surface area (Å²) in [6, 6.07) is 3.16. The van der Waals surface area contributed by atoms with Gasteiger partial charge in [0.1, 0.15) is 11.5 Å². The quantitative estimate of drug-likeness (QED) is 0.527. The summed E-state index contributed by atoms with van der Waals surface area (Å²) in [5.41, 5.74) is 0. The lowest BCUT2D eigenvalue weighted by Crippen LogP contribution is -2.15. The zero-order valence-electron chi connectivity index (χ0n) is 8.69. The number of hydrogen-bond acceptors (Lipinski definition) is 4. The second-order valence-corrected chi connectivity index (χ2v) is 5.65. The lowest BCUT2D eigenvalue weighted by molar-refractivity contribution is 0.153. The van der Waals surface area contributed by atoms with Gasteiger partial charge in [-0.25, -0.2) is 0 Å². The molecule has 1 aromatic rings. The van der Waals surface area contributed by atoms with E-state index in [9.17, 15) is 5.11 Å². The smallest absolute Gasteiger partial charge is 0.223 e. The molecule has 0 aliphatic carbocycles. The van der Waals surface area contributed by atoms with Gasteiger partial charge < -0.3 is 14.5 Å². The Morgan fingerprint density at radius 2 is 2.06 bits per heavy atom. The number of halogens is 3. The third kappa shape index (κ3) is 3.87.